The molecule has 1 aromatic heterocycles. The standard InChI is InChI=1S/C17H27N3O/c1-5-9-18-10-8-17-19-15-11-14(21-4)6-7-16(15)20(17)12-13(2)3/h6-7,11,13,18H,5,8-10,12H2,1-4H3. The zero-order valence-corrected chi connectivity index (χ0v) is 13.6. The van der Waals surface area contributed by atoms with Gasteiger partial charge in [0.2, 0.25) is 0 Å². The van der Waals surface area contributed by atoms with Gasteiger partial charge in [0.15, 0.2) is 0 Å². The second kappa shape index (κ2) is 7.46. The van der Waals surface area contributed by atoms with E-state index in [1.807, 2.05) is 12.1 Å². The van der Waals surface area contributed by atoms with Crippen molar-refractivity contribution in [2.24, 2.45) is 5.92 Å². The molecule has 0 amide bonds. The number of hydrogen-bond donors (Lipinski definition) is 1. The SMILES string of the molecule is CCCNCCc1nc2cc(OC)ccc2n1CC(C)C. The van der Waals surface area contributed by atoms with Crippen molar-refractivity contribution in [2.45, 2.75) is 40.2 Å². The predicted molar refractivity (Wildman–Crippen MR) is 88.0 cm³/mol. The van der Waals surface area contributed by atoms with Gasteiger partial charge >= 0.3 is 0 Å². The highest BCUT2D eigenvalue weighted by atomic mass is 16.5. The number of aromatic nitrogens is 2. The average Bonchev–Trinajstić information content (AvgIpc) is 2.80. The molecule has 0 fully saturated rings. The molecule has 1 heterocycles. The summed E-state index contributed by atoms with van der Waals surface area (Å²) < 4.78 is 7.66. The van der Waals surface area contributed by atoms with Gasteiger partial charge in [-0.25, -0.2) is 4.98 Å². The second-order valence-corrected chi connectivity index (χ2v) is 5.89. The third-order valence-corrected chi connectivity index (χ3v) is 3.53. The van der Waals surface area contributed by atoms with E-state index in [4.69, 9.17) is 9.72 Å². The first-order valence-electron chi connectivity index (χ1n) is 7.89. The molecule has 21 heavy (non-hydrogen) atoms. The zero-order chi connectivity index (χ0) is 15.2. The molecular weight excluding hydrogens is 262 g/mol. The van der Waals surface area contributed by atoms with Crippen molar-refractivity contribution in [1.29, 1.82) is 0 Å². The number of benzene rings is 1. The predicted octanol–water partition coefficient (Wildman–Crippen LogP) is 3.24. The van der Waals surface area contributed by atoms with Crippen molar-refractivity contribution in [2.75, 3.05) is 20.2 Å². The van der Waals surface area contributed by atoms with Gasteiger partial charge in [0.1, 0.15) is 11.6 Å². The number of hydrogen-bond acceptors (Lipinski definition) is 3. The van der Waals surface area contributed by atoms with Crippen molar-refractivity contribution in [3.63, 3.8) is 0 Å². The van der Waals surface area contributed by atoms with Gasteiger partial charge in [0, 0.05) is 25.6 Å². The first kappa shape index (κ1) is 15.8. The summed E-state index contributed by atoms with van der Waals surface area (Å²) in [7, 11) is 1.70. The van der Waals surface area contributed by atoms with E-state index in [0.29, 0.717) is 5.92 Å². The van der Waals surface area contributed by atoms with E-state index in [9.17, 15) is 0 Å². The Morgan fingerprint density at radius 3 is 2.76 bits per heavy atom. The summed E-state index contributed by atoms with van der Waals surface area (Å²) in [4.78, 5) is 4.81. The maximum absolute atomic E-state index is 5.30. The van der Waals surface area contributed by atoms with Gasteiger partial charge < -0.3 is 14.6 Å². The molecule has 116 valence electrons. The van der Waals surface area contributed by atoms with E-state index in [1.54, 1.807) is 7.11 Å². The number of nitrogens with zero attached hydrogens (tertiary/aromatic N) is 2. The van der Waals surface area contributed by atoms with Crippen LogP contribution in [0.1, 0.15) is 33.0 Å². The lowest BCUT2D eigenvalue weighted by Gasteiger charge is -2.12. The summed E-state index contributed by atoms with van der Waals surface area (Å²) in [6.07, 6.45) is 2.13. The second-order valence-electron chi connectivity index (χ2n) is 5.89. The van der Waals surface area contributed by atoms with Crippen LogP contribution in [0.15, 0.2) is 18.2 Å². The molecule has 0 aliphatic carbocycles. The molecule has 1 N–H and O–H groups in total. The van der Waals surface area contributed by atoms with Crippen molar-refractivity contribution in [1.82, 2.24) is 14.9 Å². The number of ether oxygens (including phenoxy) is 1. The van der Waals surface area contributed by atoms with Crippen molar-refractivity contribution >= 4 is 11.0 Å². The minimum absolute atomic E-state index is 0.604. The fourth-order valence-corrected chi connectivity index (χ4v) is 2.55. The summed E-state index contributed by atoms with van der Waals surface area (Å²) in [5, 5.41) is 3.45. The lowest BCUT2D eigenvalue weighted by Crippen LogP contribution is -2.20. The van der Waals surface area contributed by atoms with Gasteiger partial charge in [-0.2, -0.15) is 0 Å². The van der Waals surface area contributed by atoms with Crippen molar-refractivity contribution in [3.8, 4) is 5.75 Å². The van der Waals surface area contributed by atoms with E-state index in [1.165, 1.54) is 11.9 Å². The Kier molecular flexibility index (Phi) is 5.62. The Hall–Kier alpha value is -1.55. The Labute approximate surface area is 127 Å². The van der Waals surface area contributed by atoms with Crippen LogP contribution in [0, 0.1) is 5.92 Å². The molecule has 0 aliphatic rings. The summed E-state index contributed by atoms with van der Waals surface area (Å²) in [6, 6.07) is 6.15. The zero-order valence-electron chi connectivity index (χ0n) is 13.6. The molecule has 0 saturated heterocycles. The average molecular weight is 289 g/mol. The van der Waals surface area contributed by atoms with Crippen LogP contribution in [0.3, 0.4) is 0 Å². The quantitative estimate of drug-likeness (QED) is 0.758. The van der Waals surface area contributed by atoms with E-state index < -0.39 is 0 Å². The topological polar surface area (TPSA) is 39.1 Å². The highest BCUT2D eigenvalue weighted by Crippen LogP contribution is 2.23. The molecule has 1 aromatic carbocycles. The molecular formula is C17H27N3O. The number of methoxy groups -OCH3 is 1. The van der Waals surface area contributed by atoms with Crippen molar-refractivity contribution < 1.29 is 4.74 Å². The molecule has 2 aromatic rings. The number of imidazole rings is 1. The van der Waals surface area contributed by atoms with Crippen LogP contribution in [0.4, 0.5) is 0 Å². The van der Waals surface area contributed by atoms with E-state index in [-0.39, 0.29) is 0 Å². The molecule has 4 nitrogen and oxygen atoms in total. The normalized spacial score (nSPS) is 11.5. The number of rotatable bonds is 8. The molecule has 0 unspecified atom stereocenters. The largest absolute Gasteiger partial charge is 0.497 e. The van der Waals surface area contributed by atoms with E-state index >= 15 is 0 Å². The van der Waals surface area contributed by atoms with Crippen LogP contribution in [-0.2, 0) is 13.0 Å². The highest BCUT2D eigenvalue weighted by molar-refractivity contribution is 5.77. The van der Waals surface area contributed by atoms with Gasteiger partial charge in [0.25, 0.3) is 0 Å². The van der Waals surface area contributed by atoms with Crippen LogP contribution in [0.5, 0.6) is 5.75 Å². The third-order valence-electron chi connectivity index (χ3n) is 3.53. The van der Waals surface area contributed by atoms with Crippen molar-refractivity contribution in [3.05, 3.63) is 24.0 Å². The summed E-state index contributed by atoms with van der Waals surface area (Å²) in [5.74, 6) is 2.63. The minimum Gasteiger partial charge on any atom is -0.497 e. The Morgan fingerprint density at radius 2 is 2.10 bits per heavy atom. The Balaban J connectivity index is 2.27. The number of fused-ring (bicyclic) bond motifs is 1. The smallest absolute Gasteiger partial charge is 0.121 e. The molecule has 0 bridgehead atoms. The Bertz CT molecular complexity index is 575. The van der Waals surface area contributed by atoms with Crippen LogP contribution < -0.4 is 10.1 Å². The number of nitrogens with one attached hydrogen (secondary N) is 1. The van der Waals surface area contributed by atoms with E-state index in [0.717, 1.165) is 43.1 Å². The first-order chi connectivity index (χ1) is 10.2. The fraction of sp³-hybridized carbons (Fsp3) is 0.588. The molecule has 4 heteroatoms. The van der Waals surface area contributed by atoms with Gasteiger partial charge in [-0.1, -0.05) is 20.8 Å². The molecule has 0 spiro atoms. The van der Waals surface area contributed by atoms with E-state index in [2.05, 4.69) is 36.7 Å². The van der Waals surface area contributed by atoms with Crippen LogP contribution in [0.2, 0.25) is 0 Å². The summed E-state index contributed by atoms with van der Waals surface area (Å²) in [5.41, 5.74) is 2.23. The maximum atomic E-state index is 5.30. The maximum Gasteiger partial charge on any atom is 0.121 e. The highest BCUT2D eigenvalue weighted by Gasteiger charge is 2.12. The monoisotopic (exact) mass is 289 g/mol. The molecule has 0 aliphatic heterocycles. The first-order valence-corrected chi connectivity index (χ1v) is 7.89. The Morgan fingerprint density at radius 1 is 1.29 bits per heavy atom. The summed E-state index contributed by atoms with van der Waals surface area (Å²) in [6.45, 7) is 9.73. The van der Waals surface area contributed by atoms with Gasteiger partial charge in [-0.05, 0) is 31.0 Å². The van der Waals surface area contributed by atoms with Crippen LogP contribution in [-0.4, -0.2) is 29.8 Å². The lowest BCUT2D eigenvalue weighted by molar-refractivity contribution is 0.415. The summed E-state index contributed by atoms with van der Waals surface area (Å²) >= 11 is 0. The van der Waals surface area contributed by atoms with Gasteiger partial charge in [-0.3, -0.25) is 0 Å². The van der Waals surface area contributed by atoms with Crippen LogP contribution >= 0.6 is 0 Å². The third kappa shape index (κ3) is 3.97. The lowest BCUT2D eigenvalue weighted by atomic mass is 10.2. The van der Waals surface area contributed by atoms with Gasteiger partial charge in [-0.15, -0.1) is 0 Å². The fourth-order valence-electron chi connectivity index (χ4n) is 2.55. The minimum atomic E-state index is 0.604. The van der Waals surface area contributed by atoms with Crippen LogP contribution in [0.25, 0.3) is 11.0 Å². The molecule has 2 rings (SSSR count). The molecule has 0 atom stereocenters. The molecule has 0 saturated carbocycles. The van der Waals surface area contributed by atoms with Gasteiger partial charge in [0.05, 0.1) is 18.1 Å². The molecule has 0 radical (unpaired) electrons.